The predicted octanol–water partition coefficient (Wildman–Crippen LogP) is 0.815. The lowest BCUT2D eigenvalue weighted by Gasteiger charge is -2.62. The highest BCUT2D eigenvalue weighted by atomic mass is 16.6. The number of carboxylic acids is 1. The van der Waals surface area contributed by atoms with Gasteiger partial charge < -0.3 is 37.3 Å². The minimum Gasteiger partial charge on any atom is -0.480 e. The first-order chi connectivity index (χ1) is 15.8. The van der Waals surface area contributed by atoms with Crippen molar-refractivity contribution in [2.24, 2.45) is 28.3 Å². The average molecular weight is 481 g/mol. The van der Waals surface area contributed by atoms with E-state index in [-0.39, 0.29) is 24.0 Å². The number of nitrogens with one attached hydrogen (secondary N) is 3. The summed E-state index contributed by atoms with van der Waals surface area (Å²) in [5, 5.41) is 18.5. The van der Waals surface area contributed by atoms with Crippen molar-refractivity contribution >= 4 is 23.9 Å². The van der Waals surface area contributed by atoms with Crippen LogP contribution in [0.2, 0.25) is 0 Å². The summed E-state index contributed by atoms with van der Waals surface area (Å²) in [6, 6.07) is -0.792. The Balaban J connectivity index is 1.70. The Morgan fingerprint density at radius 1 is 1.12 bits per heavy atom. The van der Waals surface area contributed by atoms with Crippen LogP contribution in [0.15, 0.2) is 4.99 Å². The van der Waals surface area contributed by atoms with Crippen LogP contribution in [0.25, 0.3) is 0 Å². The molecule has 11 heteroatoms. The maximum atomic E-state index is 13.4. The summed E-state index contributed by atoms with van der Waals surface area (Å²) in [6.07, 6.45) is 5.64. The number of amides is 2. The van der Waals surface area contributed by atoms with Gasteiger partial charge in [0, 0.05) is 17.6 Å². The van der Waals surface area contributed by atoms with Crippen molar-refractivity contribution in [3.63, 3.8) is 0 Å². The van der Waals surface area contributed by atoms with Crippen LogP contribution in [0.3, 0.4) is 0 Å². The van der Waals surface area contributed by atoms with E-state index in [0.29, 0.717) is 37.6 Å². The lowest BCUT2D eigenvalue weighted by atomic mass is 9.50. The molecular formula is C23H40N6O5. The van der Waals surface area contributed by atoms with E-state index in [0.717, 1.165) is 32.1 Å². The monoisotopic (exact) mass is 480 g/mol. The van der Waals surface area contributed by atoms with Crippen LogP contribution in [-0.2, 0) is 14.3 Å². The number of rotatable bonds is 10. The Bertz CT molecular complexity index is 805. The quantitative estimate of drug-likeness (QED) is 0.151. The molecule has 0 aromatic carbocycles. The molecule has 0 saturated heterocycles. The van der Waals surface area contributed by atoms with Crippen molar-refractivity contribution in [1.82, 2.24) is 16.0 Å². The van der Waals surface area contributed by atoms with Crippen LogP contribution in [0.4, 0.5) is 4.79 Å². The fourth-order valence-corrected chi connectivity index (χ4v) is 6.45. The van der Waals surface area contributed by atoms with Crippen molar-refractivity contribution < 1.29 is 24.2 Å². The van der Waals surface area contributed by atoms with Crippen LogP contribution < -0.4 is 27.4 Å². The van der Waals surface area contributed by atoms with E-state index < -0.39 is 29.2 Å². The van der Waals surface area contributed by atoms with Gasteiger partial charge in [0.25, 0.3) is 0 Å². The van der Waals surface area contributed by atoms with E-state index in [1.54, 1.807) is 20.8 Å². The third-order valence-electron chi connectivity index (χ3n) is 7.02. The minimum absolute atomic E-state index is 0.0196. The maximum absolute atomic E-state index is 13.4. The van der Waals surface area contributed by atoms with Crippen molar-refractivity contribution in [2.75, 3.05) is 13.1 Å². The number of nitrogens with two attached hydrogens (primary N) is 2. The molecule has 2 amide bonds. The third-order valence-corrected chi connectivity index (χ3v) is 7.02. The molecule has 2 unspecified atom stereocenters. The first-order valence-electron chi connectivity index (χ1n) is 12.1. The second-order valence-electron chi connectivity index (χ2n) is 11.4. The van der Waals surface area contributed by atoms with Crippen LogP contribution >= 0.6 is 0 Å². The van der Waals surface area contributed by atoms with Crippen molar-refractivity contribution in [3.05, 3.63) is 0 Å². The summed E-state index contributed by atoms with van der Waals surface area (Å²) >= 11 is 0. The van der Waals surface area contributed by atoms with Gasteiger partial charge in [-0.15, -0.1) is 0 Å². The zero-order chi connectivity index (χ0) is 25.1. The Labute approximate surface area is 200 Å². The second-order valence-corrected chi connectivity index (χ2v) is 11.4. The number of guanidine groups is 1. The number of carbonyl (C=O) groups is 3. The molecule has 0 heterocycles. The molecular weight excluding hydrogens is 440 g/mol. The molecule has 0 radical (unpaired) electrons. The van der Waals surface area contributed by atoms with E-state index in [9.17, 15) is 19.5 Å². The number of nitrogens with zero attached hydrogens (tertiary/aromatic N) is 1. The maximum Gasteiger partial charge on any atom is 0.408 e. The van der Waals surface area contributed by atoms with E-state index in [4.69, 9.17) is 16.2 Å². The molecule has 4 saturated carbocycles. The molecule has 4 bridgehead atoms. The molecule has 4 fully saturated rings. The lowest BCUT2D eigenvalue weighted by molar-refractivity contribution is -0.139. The van der Waals surface area contributed by atoms with Gasteiger partial charge in [0.05, 0.1) is 6.54 Å². The smallest absolute Gasteiger partial charge is 0.408 e. The highest BCUT2D eigenvalue weighted by Crippen LogP contribution is 2.57. The number of aliphatic carboxylic acids is 1. The molecule has 0 aromatic rings. The number of alkyl carbamates (subject to hydrolysis) is 1. The molecule has 4 rings (SSSR count). The molecule has 5 atom stereocenters. The summed E-state index contributed by atoms with van der Waals surface area (Å²) in [5.74, 6) is -0.264. The first-order valence-corrected chi connectivity index (χ1v) is 12.1. The van der Waals surface area contributed by atoms with Crippen LogP contribution in [0.1, 0.15) is 72.1 Å². The minimum atomic E-state index is -0.878. The number of carboxylic acid groups (broad SMARTS) is 1. The highest BCUT2D eigenvalue weighted by molar-refractivity contribution is 5.86. The number of ether oxygens (including phenoxy) is 1. The first kappa shape index (κ1) is 26.1. The summed E-state index contributed by atoms with van der Waals surface area (Å²) in [5.41, 5.74) is 9.42. The Morgan fingerprint density at radius 3 is 2.29 bits per heavy atom. The Hall–Kier alpha value is -2.56. The fraction of sp³-hybridized carbons (Fsp3) is 0.826. The zero-order valence-corrected chi connectivity index (χ0v) is 20.5. The van der Waals surface area contributed by atoms with Crippen LogP contribution in [0, 0.1) is 11.8 Å². The summed E-state index contributed by atoms with van der Waals surface area (Å²) in [4.78, 5) is 41.0. The Kier molecular flexibility index (Phi) is 7.64. The van der Waals surface area contributed by atoms with Gasteiger partial charge in [0.2, 0.25) is 5.91 Å². The zero-order valence-electron chi connectivity index (χ0n) is 20.5. The van der Waals surface area contributed by atoms with Gasteiger partial charge in [-0.05, 0) is 84.0 Å². The molecule has 192 valence electrons. The molecule has 0 spiro atoms. The summed E-state index contributed by atoms with van der Waals surface area (Å²) in [7, 11) is 0. The van der Waals surface area contributed by atoms with Gasteiger partial charge in [-0.1, -0.05) is 0 Å². The van der Waals surface area contributed by atoms with Crippen molar-refractivity contribution in [3.8, 4) is 0 Å². The van der Waals surface area contributed by atoms with Gasteiger partial charge in [0.15, 0.2) is 5.96 Å². The molecule has 4 aliphatic rings. The van der Waals surface area contributed by atoms with Gasteiger partial charge in [-0.25, -0.2) is 4.79 Å². The van der Waals surface area contributed by atoms with Crippen LogP contribution in [-0.4, -0.2) is 64.8 Å². The molecule has 11 nitrogen and oxygen atoms in total. The van der Waals surface area contributed by atoms with Gasteiger partial charge in [-0.3, -0.25) is 14.6 Å². The number of aliphatic imine (C=N–C) groups is 1. The topological polar surface area (TPSA) is 181 Å². The largest absolute Gasteiger partial charge is 0.480 e. The summed E-state index contributed by atoms with van der Waals surface area (Å²) in [6.45, 7) is 5.55. The summed E-state index contributed by atoms with van der Waals surface area (Å²) < 4.78 is 5.36. The average Bonchev–Trinajstić information content (AvgIpc) is 2.65. The molecule has 8 N–H and O–H groups in total. The Morgan fingerprint density at radius 2 is 1.74 bits per heavy atom. The SMILES string of the molecule is CC(C)(C)OC(=O)N[C@@H](CCCN=C(N)N)C(=O)NC12C[C@@H]3C[C@@H](CC(NCC(=O)O)(C3)C1)C2. The van der Waals surface area contributed by atoms with Gasteiger partial charge >= 0.3 is 12.1 Å². The highest BCUT2D eigenvalue weighted by Gasteiger charge is 2.58. The standard InChI is InChI=1S/C23H40N6O5/c1-21(2,3)34-20(33)28-16(5-4-6-26-19(24)25)18(32)29-23-10-14-7-15(11-23)9-22(8-14,13-23)27-12-17(30)31/h14-16,27H,4-13H2,1-3H3,(H,28,33)(H,29,32)(H,30,31)(H4,24,25,26)/t14-,15+,16-,22?,23?/m0/s1. The van der Waals surface area contributed by atoms with E-state index in [2.05, 4.69) is 20.9 Å². The van der Waals surface area contributed by atoms with Gasteiger partial charge in [0.1, 0.15) is 11.6 Å². The van der Waals surface area contributed by atoms with Gasteiger partial charge in [-0.2, -0.15) is 0 Å². The van der Waals surface area contributed by atoms with Crippen molar-refractivity contribution in [1.29, 1.82) is 0 Å². The number of hydrogen-bond acceptors (Lipinski definition) is 6. The molecule has 4 aliphatic carbocycles. The van der Waals surface area contributed by atoms with Crippen LogP contribution in [0.5, 0.6) is 0 Å². The predicted molar refractivity (Wildman–Crippen MR) is 127 cm³/mol. The third kappa shape index (κ3) is 6.97. The van der Waals surface area contributed by atoms with E-state index in [1.165, 1.54) is 0 Å². The fourth-order valence-electron chi connectivity index (χ4n) is 6.45. The molecule has 34 heavy (non-hydrogen) atoms. The molecule has 0 aromatic heterocycles. The van der Waals surface area contributed by atoms with E-state index >= 15 is 0 Å². The normalized spacial score (nSPS) is 30.3. The molecule has 0 aliphatic heterocycles. The number of carbonyl (C=O) groups excluding carboxylic acids is 2. The second kappa shape index (κ2) is 9.97. The van der Waals surface area contributed by atoms with E-state index in [1.807, 2.05) is 0 Å². The lowest BCUT2D eigenvalue weighted by Crippen LogP contribution is -2.70. The number of hydrogen-bond donors (Lipinski definition) is 6. The van der Waals surface area contributed by atoms with Crippen molar-refractivity contribution in [2.45, 2.75) is 94.9 Å².